The van der Waals surface area contributed by atoms with Crippen molar-refractivity contribution in [2.45, 2.75) is 38.5 Å². The lowest BCUT2D eigenvalue weighted by molar-refractivity contribution is -0.112. The van der Waals surface area contributed by atoms with E-state index in [1.165, 1.54) is 49.0 Å². The third kappa shape index (κ3) is 16.1. The first-order valence-corrected chi connectivity index (χ1v) is 26.6. The van der Waals surface area contributed by atoms with Crippen LogP contribution in [0.25, 0.3) is 44.1 Å². The number of hydrogen-bond acceptors (Lipinski definition) is 12. The minimum absolute atomic E-state index is 0.205. The highest BCUT2D eigenvalue weighted by molar-refractivity contribution is 6.28. The number of rotatable bonds is 16. The lowest BCUT2D eigenvalue weighted by atomic mass is 9.90. The Morgan fingerprint density at radius 3 is 1.53 bits per heavy atom. The summed E-state index contributed by atoms with van der Waals surface area (Å²) in [7, 11) is 0. The summed E-state index contributed by atoms with van der Waals surface area (Å²) in [6, 6.07) is 43.8. The molecule has 14 nitrogen and oxygen atoms in total. The van der Waals surface area contributed by atoms with Crippen LogP contribution < -0.4 is 21.7 Å². The van der Waals surface area contributed by atoms with Gasteiger partial charge in [0, 0.05) is 70.1 Å². The molecule has 2 aromatic heterocycles. The van der Waals surface area contributed by atoms with E-state index in [1.54, 1.807) is 6.20 Å². The van der Waals surface area contributed by atoms with Crippen molar-refractivity contribution in [2.24, 2.45) is 11.8 Å². The van der Waals surface area contributed by atoms with E-state index in [4.69, 9.17) is 32.5 Å². The number of hydrogen-bond donors (Lipinski definition) is 6. The van der Waals surface area contributed by atoms with Crippen LogP contribution in [-0.4, -0.2) is 104 Å². The van der Waals surface area contributed by atoms with Crippen molar-refractivity contribution in [1.29, 1.82) is 0 Å². The molecule has 0 bridgehead atoms. The smallest absolute Gasteiger partial charge is 0.247 e. The van der Waals surface area contributed by atoms with Gasteiger partial charge in [0.2, 0.25) is 23.0 Å². The largest absolute Gasteiger partial charge is 0.399 e. The number of nitrogens with one attached hydrogen (secondary N) is 3. The number of halogens is 1. The molecule has 2 fully saturated rings. The fourth-order valence-electron chi connectivity index (χ4n) is 9.82. The quantitative estimate of drug-likeness (QED) is 0.0305. The monoisotopic (exact) mass is 1050 g/mol. The topological polar surface area (TPSA) is 195 Å². The van der Waals surface area contributed by atoms with Crippen LogP contribution in [0.15, 0.2) is 171 Å². The molecule has 396 valence electrons. The number of carbonyl (C=O) groups excluding carboxylic acids is 2. The molecule has 2 aliphatic heterocycles. The van der Waals surface area contributed by atoms with Gasteiger partial charge in [-0.3, -0.25) is 9.59 Å². The molecule has 0 spiro atoms. The Morgan fingerprint density at radius 2 is 1.05 bits per heavy atom. The molecule has 4 heterocycles. The zero-order valence-corrected chi connectivity index (χ0v) is 44.1. The minimum atomic E-state index is -0.250. The molecule has 0 radical (unpaired) electrons. The Balaban J connectivity index is 0.000000169. The van der Waals surface area contributed by atoms with Crippen molar-refractivity contribution in [1.82, 2.24) is 29.7 Å². The number of para-hydroxylation sites is 2. The highest BCUT2D eigenvalue weighted by Crippen LogP contribution is 2.32. The van der Waals surface area contributed by atoms with Gasteiger partial charge in [-0.1, -0.05) is 98.1 Å². The second-order valence-corrected chi connectivity index (χ2v) is 19.7. The maximum absolute atomic E-state index is 11.7. The van der Waals surface area contributed by atoms with Crippen molar-refractivity contribution >= 4 is 73.9 Å². The van der Waals surface area contributed by atoms with E-state index in [0.717, 1.165) is 113 Å². The summed E-state index contributed by atoms with van der Waals surface area (Å²) in [4.78, 5) is 45.5. The summed E-state index contributed by atoms with van der Waals surface area (Å²) < 4.78 is 0. The zero-order valence-electron chi connectivity index (χ0n) is 43.3. The molecule has 0 atom stereocenters. The highest BCUT2D eigenvalue weighted by atomic mass is 35.5. The third-order valence-corrected chi connectivity index (χ3v) is 14.1. The van der Waals surface area contributed by atoms with Crippen LogP contribution in [0, 0.1) is 11.8 Å². The van der Waals surface area contributed by atoms with E-state index in [1.807, 2.05) is 103 Å². The van der Waals surface area contributed by atoms with E-state index < -0.39 is 0 Å². The van der Waals surface area contributed by atoms with Gasteiger partial charge in [-0.2, -0.15) is 0 Å². The molecule has 0 unspecified atom stereocenters. The van der Waals surface area contributed by atoms with Gasteiger partial charge in [0.25, 0.3) is 0 Å². The molecule has 15 heteroatoms. The van der Waals surface area contributed by atoms with Crippen LogP contribution in [0.5, 0.6) is 0 Å². The number of carbonyl (C=O) groups is 2. The molecule has 2 saturated heterocycles. The van der Waals surface area contributed by atoms with Crippen molar-refractivity contribution in [3.63, 3.8) is 0 Å². The van der Waals surface area contributed by atoms with Gasteiger partial charge in [0.15, 0.2) is 0 Å². The molecule has 2 amide bonds. The first kappa shape index (κ1) is 55.4. The number of aromatic nitrogens is 4. The number of aliphatic hydroxyl groups is 2. The minimum Gasteiger partial charge on any atom is -0.399 e. The average molecular weight is 1050 g/mol. The van der Waals surface area contributed by atoms with Crippen LogP contribution in [0.2, 0.25) is 5.28 Å². The van der Waals surface area contributed by atoms with Crippen LogP contribution in [0.3, 0.4) is 0 Å². The fourth-order valence-corrected chi connectivity index (χ4v) is 9.95. The van der Waals surface area contributed by atoms with Gasteiger partial charge >= 0.3 is 0 Å². The van der Waals surface area contributed by atoms with Gasteiger partial charge in [0.1, 0.15) is 0 Å². The highest BCUT2D eigenvalue weighted by Gasteiger charge is 2.20. The summed E-state index contributed by atoms with van der Waals surface area (Å²) in [6.45, 7) is 13.5. The summed E-state index contributed by atoms with van der Waals surface area (Å²) in [5, 5.41) is 29.0. The summed E-state index contributed by atoms with van der Waals surface area (Å²) >= 11 is 5.91. The van der Waals surface area contributed by atoms with Crippen molar-refractivity contribution in [3.8, 4) is 22.3 Å². The summed E-state index contributed by atoms with van der Waals surface area (Å²) in [5.41, 5.74) is 17.0. The van der Waals surface area contributed by atoms with Gasteiger partial charge in [-0.15, -0.1) is 0 Å². The number of piperidine rings is 2. The second kappa shape index (κ2) is 27.8. The lowest BCUT2D eigenvalue weighted by Gasteiger charge is -2.31. The maximum atomic E-state index is 11.7. The zero-order chi connectivity index (χ0) is 53.9. The van der Waals surface area contributed by atoms with Crippen LogP contribution >= 0.6 is 11.6 Å². The molecule has 2 aliphatic rings. The molecular weight excluding hydrogens is 984 g/mol. The maximum Gasteiger partial charge on any atom is 0.247 e. The van der Waals surface area contributed by atoms with E-state index in [0.29, 0.717) is 23.2 Å². The predicted octanol–water partition coefficient (Wildman–Crippen LogP) is 11.0. The second-order valence-electron chi connectivity index (χ2n) is 19.4. The summed E-state index contributed by atoms with van der Waals surface area (Å²) in [5.74, 6) is 1.51. The molecule has 10 rings (SSSR count). The number of nitrogen functional groups attached to an aromatic ring is 1. The molecule has 6 aromatic carbocycles. The number of amides is 2. The Labute approximate surface area is 455 Å². The van der Waals surface area contributed by atoms with Gasteiger partial charge in [-0.25, -0.2) is 19.9 Å². The van der Waals surface area contributed by atoms with E-state index in [2.05, 4.69) is 90.3 Å². The fraction of sp³-hybridized carbons (Fsp3) is 0.258. The van der Waals surface area contributed by atoms with Gasteiger partial charge < -0.3 is 41.7 Å². The number of likely N-dealkylation sites (tertiary alicyclic amines) is 2. The first-order valence-electron chi connectivity index (χ1n) is 26.2. The van der Waals surface area contributed by atoms with Gasteiger partial charge in [-0.05, 0) is 171 Å². The molecule has 8 aromatic rings. The Bertz CT molecular complexity index is 3250. The number of nitrogens with zero attached hydrogens (tertiary/aromatic N) is 6. The van der Waals surface area contributed by atoms with Crippen LogP contribution in [0.1, 0.15) is 36.8 Å². The number of benzene rings is 6. The van der Waals surface area contributed by atoms with Crippen molar-refractivity contribution < 1.29 is 19.8 Å². The normalized spacial score (nSPS) is 14.1. The Morgan fingerprint density at radius 1 is 0.597 bits per heavy atom. The van der Waals surface area contributed by atoms with E-state index in [9.17, 15) is 9.59 Å². The van der Waals surface area contributed by atoms with Crippen LogP contribution in [-0.2, 0) is 22.4 Å². The Hall–Kier alpha value is -7.85. The predicted molar refractivity (Wildman–Crippen MR) is 313 cm³/mol. The number of aliphatic hydroxyl groups excluding tert-OH is 2. The molecular formula is C62H67ClN10O4. The van der Waals surface area contributed by atoms with E-state index >= 15 is 0 Å². The van der Waals surface area contributed by atoms with Crippen molar-refractivity contribution in [2.75, 3.05) is 74.2 Å². The Kier molecular flexibility index (Phi) is 20.0. The number of nitrogens with two attached hydrogens (primary N) is 1. The number of fused-ring (bicyclic) bond motifs is 2. The summed E-state index contributed by atoms with van der Waals surface area (Å²) in [6.07, 6.45) is 13.1. The number of anilines is 5. The molecule has 0 aliphatic carbocycles. The lowest BCUT2D eigenvalue weighted by Crippen LogP contribution is -2.36. The van der Waals surface area contributed by atoms with E-state index in [-0.39, 0.29) is 30.3 Å². The van der Waals surface area contributed by atoms with Crippen molar-refractivity contribution in [3.05, 3.63) is 188 Å². The van der Waals surface area contributed by atoms with Gasteiger partial charge in [0.05, 0.1) is 24.2 Å². The molecule has 77 heavy (non-hydrogen) atoms. The molecule has 0 saturated carbocycles. The third-order valence-electron chi connectivity index (χ3n) is 13.9. The number of β-amino-alcohol motifs (C(OH)–C–C–N with tert-alkyl or cyclic N) is 2. The molecule has 7 N–H and O–H groups in total. The standard InChI is InChI=1S/C31H33N5O2.C17H12ClN3O.C14H22N2O/c1-2-29(38)33-27-7-3-5-24(20-27)28-8-4-6-25-21-32-31(35-30(25)28)34-26-11-9-22(10-12-26)19-23-13-15-36(16-14-23)17-18-37;1-2-15(22)20-13-7-3-5-11(9-13)14-8-4-6-12-10-19-17(18)21-16(12)14;15-14-3-1-12(2-4-14)11-13-5-7-16(8-6-13)9-10-17/h2-12,20-21,23,37H,1,13-19H2,(H,33,38)(H,32,34,35);2-10H,1H2,(H,20,22);1-4,13,17H,5-11,15H2. The SMILES string of the molecule is C=CC(=O)Nc1cccc(-c2cccc3cnc(Cl)nc23)c1.C=CC(=O)Nc1cccc(-c2cccc3cnc(Nc4ccc(CC5CCN(CCO)CC5)cc4)nc23)c1.Nc1ccc(CC2CCN(CCO)CC2)cc1. The average Bonchev–Trinajstić information content (AvgIpc) is 3.45. The first-order chi connectivity index (χ1) is 37.6. The van der Waals surface area contributed by atoms with Crippen LogP contribution in [0.4, 0.5) is 28.7 Å².